The number of ether oxygens (including phenoxy) is 2. The SMILES string of the molecule is COC(=O)[C@@H](N)CCCN=C(N)NC(=O)COc1ccc(C2=NC(C)(C)C(C)(C)N2O)cc1. The van der Waals surface area contributed by atoms with E-state index in [1.165, 1.54) is 12.2 Å². The number of aliphatic imine (C=N–C) groups is 2. The summed E-state index contributed by atoms with van der Waals surface area (Å²) in [4.78, 5) is 31.9. The molecular formula is C22H34N6O5. The zero-order valence-electron chi connectivity index (χ0n) is 19.8. The van der Waals surface area contributed by atoms with Gasteiger partial charge in [-0.05, 0) is 64.8 Å². The molecule has 0 spiro atoms. The number of nitrogens with one attached hydrogen (secondary N) is 1. The van der Waals surface area contributed by atoms with Gasteiger partial charge < -0.3 is 20.9 Å². The largest absolute Gasteiger partial charge is 0.484 e. The van der Waals surface area contributed by atoms with E-state index in [2.05, 4.69) is 20.0 Å². The summed E-state index contributed by atoms with van der Waals surface area (Å²) >= 11 is 0. The van der Waals surface area contributed by atoms with Gasteiger partial charge in [-0.2, -0.15) is 0 Å². The Bertz CT molecular complexity index is 910. The number of hydrogen-bond acceptors (Lipinski definition) is 9. The molecule has 6 N–H and O–H groups in total. The van der Waals surface area contributed by atoms with E-state index in [-0.39, 0.29) is 12.6 Å². The molecule has 182 valence electrons. The standard InChI is InChI=1S/C22H34N6O5/c1-21(2)22(3,4)28(31)18(27-21)14-8-10-15(11-9-14)33-13-17(29)26-20(24)25-12-6-7-16(23)19(30)32-5/h8-11,16,31H,6-7,12-13,23H2,1-5H3,(H3,24,25,26,29)/t16-/m0/s1. The van der Waals surface area contributed by atoms with Crippen molar-refractivity contribution in [3.63, 3.8) is 0 Å². The molecule has 0 bridgehead atoms. The molecular weight excluding hydrogens is 428 g/mol. The number of esters is 1. The first-order valence-corrected chi connectivity index (χ1v) is 10.6. The van der Waals surface area contributed by atoms with Crippen LogP contribution in [0.2, 0.25) is 0 Å². The molecule has 0 unspecified atom stereocenters. The maximum Gasteiger partial charge on any atom is 0.322 e. The van der Waals surface area contributed by atoms with Gasteiger partial charge in [0.1, 0.15) is 11.8 Å². The van der Waals surface area contributed by atoms with Crippen molar-refractivity contribution in [3.8, 4) is 5.75 Å². The van der Waals surface area contributed by atoms with Crippen molar-refractivity contribution in [1.82, 2.24) is 10.4 Å². The molecule has 0 fully saturated rings. The molecule has 0 saturated carbocycles. The number of guanidine groups is 1. The number of amidine groups is 1. The number of amides is 1. The van der Waals surface area contributed by atoms with Crippen molar-refractivity contribution in [2.24, 2.45) is 21.5 Å². The lowest BCUT2D eigenvalue weighted by Gasteiger charge is -2.36. The summed E-state index contributed by atoms with van der Waals surface area (Å²) < 4.78 is 10.0. The Kier molecular flexibility index (Phi) is 8.39. The molecule has 33 heavy (non-hydrogen) atoms. The lowest BCUT2D eigenvalue weighted by molar-refractivity contribution is -0.142. The van der Waals surface area contributed by atoms with Crippen LogP contribution < -0.4 is 21.5 Å². The average molecular weight is 463 g/mol. The first-order valence-electron chi connectivity index (χ1n) is 10.6. The monoisotopic (exact) mass is 462 g/mol. The number of rotatable bonds is 9. The third kappa shape index (κ3) is 6.42. The van der Waals surface area contributed by atoms with Gasteiger partial charge >= 0.3 is 5.97 Å². The maximum atomic E-state index is 12.0. The van der Waals surface area contributed by atoms with E-state index in [9.17, 15) is 14.8 Å². The van der Waals surface area contributed by atoms with Crippen molar-refractivity contribution in [1.29, 1.82) is 0 Å². The van der Waals surface area contributed by atoms with E-state index in [1.54, 1.807) is 24.3 Å². The first kappa shape index (κ1) is 26.1. The number of carbonyl (C=O) groups is 2. The van der Waals surface area contributed by atoms with E-state index >= 15 is 0 Å². The van der Waals surface area contributed by atoms with Crippen LogP contribution in [0.5, 0.6) is 5.75 Å². The molecule has 1 atom stereocenters. The molecule has 1 aromatic carbocycles. The van der Waals surface area contributed by atoms with Crippen molar-refractivity contribution in [3.05, 3.63) is 29.8 Å². The van der Waals surface area contributed by atoms with Gasteiger partial charge in [-0.15, -0.1) is 0 Å². The second-order valence-corrected chi connectivity index (χ2v) is 8.77. The molecule has 11 nitrogen and oxygen atoms in total. The molecule has 2 rings (SSSR count). The second-order valence-electron chi connectivity index (χ2n) is 8.77. The lowest BCUT2D eigenvalue weighted by Crippen LogP contribution is -2.51. The average Bonchev–Trinajstić information content (AvgIpc) is 2.93. The van der Waals surface area contributed by atoms with Crippen molar-refractivity contribution >= 4 is 23.7 Å². The molecule has 0 aromatic heterocycles. The normalized spacial score (nSPS) is 17.8. The van der Waals surface area contributed by atoms with Gasteiger partial charge in [0.2, 0.25) is 0 Å². The lowest BCUT2D eigenvalue weighted by atomic mass is 9.84. The Balaban J connectivity index is 1.81. The molecule has 11 heteroatoms. The zero-order valence-corrected chi connectivity index (χ0v) is 19.8. The summed E-state index contributed by atoms with van der Waals surface area (Å²) in [5.74, 6) is -0.0356. The van der Waals surface area contributed by atoms with Crippen molar-refractivity contribution < 1.29 is 24.3 Å². The highest BCUT2D eigenvalue weighted by molar-refractivity contribution is 6.00. The van der Waals surface area contributed by atoms with Crippen LogP contribution in [0.3, 0.4) is 0 Å². The van der Waals surface area contributed by atoms with Crippen LogP contribution in [0.4, 0.5) is 0 Å². The van der Waals surface area contributed by atoms with Crippen LogP contribution in [0.25, 0.3) is 0 Å². The minimum atomic E-state index is -0.708. The molecule has 0 aliphatic carbocycles. The highest BCUT2D eigenvalue weighted by Gasteiger charge is 2.49. The zero-order chi connectivity index (χ0) is 24.8. The predicted octanol–water partition coefficient (Wildman–Crippen LogP) is 0.785. The third-order valence-corrected chi connectivity index (χ3v) is 5.82. The topological polar surface area (TPSA) is 165 Å². The Morgan fingerprint density at radius 3 is 2.42 bits per heavy atom. The molecule has 0 radical (unpaired) electrons. The molecule has 1 aliphatic heterocycles. The summed E-state index contributed by atoms with van der Waals surface area (Å²) in [6.45, 7) is 7.82. The van der Waals surface area contributed by atoms with E-state index in [1.807, 2.05) is 27.7 Å². The summed E-state index contributed by atoms with van der Waals surface area (Å²) in [6.07, 6.45) is 0.909. The number of hydrogen-bond donors (Lipinski definition) is 4. The fourth-order valence-corrected chi connectivity index (χ4v) is 3.01. The molecule has 1 amide bonds. The van der Waals surface area contributed by atoms with Crippen molar-refractivity contribution in [2.75, 3.05) is 20.3 Å². The number of nitrogens with two attached hydrogens (primary N) is 2. The minimum Gasteiger partial charge on any atom is -0.484 e. The van der Waals surface area contributed by atoms with Gasteiger partial charge in [0.05, 0.1) is 18.2 Å². The van der Waals surface area contributed by atoms with Gasteiger partial charge in [0.15, 0.2) is 18.4 Å². The molecule has 1 aromatic rings. The Hall–Kier alpha value is -3.18. The number of hydroxylamine groups is 2. The number of methoxy groups -OCH3 is 1. The van der Waals surface area contributed by atoms with Gasteiger partial charge in [0, 0.05) is 12.1 Å². The fourth-order valence-electron chi connectivity index (χ4n) is 3.01. The number of nitrogens with zero attached hydrogens (tertiary/aromatic N) is 3. The highest BCUT2D eigenvalue weighted by Crippen LogP contribution is 2.37. The number of carbonyl (C=O) groups excluding carboxylic acids is 2. The van der Waals surface area contributed by atoms with E-state index < -0.39 is 29.0 Å². The van der Waals surface area contributed by atoms with E-state index in [0.29, 0.717) is 31.0 Å². The van der Waals surface area contributed by atoms with Crippen LogP contribution in [0, 0.1) is 0 Å². The third-order valence-electron chi connectivity index (χ3n) is 5.82. The molecule has 1 aliphatic rings. The maximum absolute atomic E-state index is 12.0. The summed E-state index contributed by atoms with van der Waals surface area (Å²) in [7, 11) is 1.28. The quantitative estimate of drug-likeness (QED) is 0.181. The molecule has 0 saturated heterocycles. The Morgan fingerprint density at radius 2 is 1.88 bits per heavy atom. The Morgan fingerprint density at radius 1 is 1.24 bits per heavy atom. The van der Waals surface area contributed by atoms with E-state index in [0.717, 1.165) is 5.56 Å². The van der Waals surface area contributed by atoms with E-state index in [4.69, 9.17) is 16.2 Å². The van der Waals surface area contributed by atoms with Crippen LogP contribution in [0.1, 0.15) is 46.1 Å². The number of benzene rings is 1. The van der Waals surface area contributed by atoms with Crippen molar-refractivity contribution in [2.45, 2.75) is 57.7 Å². The smallest absolute Gasteiger partial charge is 0.322 e. The van der Waals surface area contributed by atoms with Gasteiger partial charge in [0.25, 0.3) is 5.91 Å². The van der Waals surface area contributed by atoms with Crippen LogP contribution in [-0.4, -0.2) is 71.3 Å². The predicted molar refractivity (Wildman–Crippen MR) is 124 cm³/mol. The van der Waals surface area contributed by atoms with Gasteiger partial charge in [-0.1, -0.05) is 0 Å². The van der Waals surface area contributed by atoms with Crippen LogP contribution >= 0.6 is 0 Å². The fraction of sp³-hybridized carbons (Fsp3) is 0.545. The summed E-state index contributed by atoms with van der Waals surface area (Å²) in [5.41, 5.74) is 11.0. The summed E-state index contributed by atoms with van der Waals surface area (Å²) in [5, 5.41) is 14.2. The van der Waals surface area contributed by atoms with Crippen LogP contribution in [0.15, 0.2) is 34.3 Å². The van der Waals surface area contributed by atoms with Gasteiger partial charge in [-0.3, -0.25) is 30.1 Å². The van der Waals surface area contributed by atoms with Gasteiger partial charge in [-0.25, -0.2) is 5.06 Å². The Labute approximate surface area is 193 Å². The highest BCUT2D eigenvalue weighted by atomic mass is 16.5. The molecule has 1 heterocycles. The summed E-state index contributed by atoms with van der Waals surface area (Å²) in [6, 6.07) is 6.21. The second kappa shape index (κ2) is 10.6. The first-order chi connectivity index (χ1) is 15.4. The van der Waals surface area contributed by atoms with Crippen LogP contribution in [-0.2, 0) is 14.3 Å². The minimum absolute atomic E-state index is 0.0434.